The molecular formula is C52H36Cl2S4Zr2-2. The fourth-order valence-electron chi connectivity index (χ4n) is 6.94. The second-order valence-corrected chi connectivity index (χ2v) is 17.2. The summed E-state index contributed by atoms with van der Waals surface area (Å²) in [4.78, 5) is 5.39. The average molecular weight is 1040 g/mol. The van der Waals surface area contributed by atoms with Crippen LogP contribution in [0.15, 0.2) is 216 Å². The van der Waals surface area contributed by atoms with Gasteiger partial charge in [-0.3, -0.25) is 0 Å². The van der Waals surface area contributed by atoms with Crippen molar-refractivity contribution >= 4 is 88.4 Å². The van der Waals surface area contributed by atoms with Gasteiger partial charge in [0.2, 0.25) is 0 Å². The van der Waals surface area contributed by atoms with E-state index in [4.69, 9.17) is 0 Å². The quantitative estimate of drug-likeness (QED) is 0.154. The summed E-state index contributed by atoms with van der Waals surface area (Å²) in [6.45, 7) is 0. The van der Waals surface area contributed by atoms with Crippen LogP contribution in [0.4, 0.5) is 0 Å². The minimum Gasteiger partial charge on any atom is -1.00 e. The van der Waals surface area contributed by atoms with Gasteiger partial charge in [0, 0.05) is 0 Å². The van der Waals surface area contributed by atoms with Crippen LogP contribution in [-0.4, -0.2) is 0 Å². The van der Waals surface area contributed by atoms with Crippen LogP contribution >= 0.6 is 45.3 Å². The van der Waals surface area contributed by atoms with Crippen LogP contribution in [-0.2, 0) is 52.4 Å². The molecule has 0 fully saturated rings. The van der Waals surface area contributed by atoms with Crippen molar-refractivity contribution in [2.24, 2.45) is 0 Å². The summed E-state index contributed by atoms with van der Waals surface area (Å²) in [6.07, 6.45) is 0. The van der Waals surface area contributed by atoms with Gasteiger partial charge in [-0.15, -0.1) is 138 Å². The Morgan fingerprint density at radius 2 is 0.483 bits per heavy atom. The van der Waals surface area contributed by atoms with Gasteiger partial charge in [-0.25, -0.2) is 0 Å². The van der Waals surface area contributed by atoms with Crippen molar-refractivity contribution < 1.29 is 77.2 Å². The van der Waals surface area contributed by atoms with E-state index in [0.29, 0.717) is 0 Å². The Morgan fingerprint density at radius 3 is 0.667 bits per heavy atom. The van der Waals surface area contributed by atoms with E-state index in [2.05, 4.69) is 216 Å². The molecule has 0 saturated carbocycles. The van der Waals surface area contributed by atoms with Gasteiger partial charge in [0.25, 0.3) is 0 Å². The molecule has 12 rings (SSSR count). The van der Waals surface area contributed by atoms with E-state index in [-0.39, 0.29) is 77.2 Å². The Balaban J connectivity index is 0.000000148. The first-order valence-corrected chi connectivity index (χ1v) is 22.0. The minimum absolute atomic E-state index is 0. The second-order valence-electron chi connectivity index (χ2n) is 13.4. The Kier molecular flexibility index (Phi) is 18.3. The molecule has 0 atom stereocenters. The summed E-state index contributed by atoms with van der Waals surface area (Å²) in [7, 11) is 0. The largest absolute Gasteiger partial charge is 2.00 e. The van der Waals surface area contributed by atoms with E-state index in [1.807, 2.05) is 0 Å². The molecule has 0 aliphatic rings. The van der Waals surface area contributed by atoms with E-state index in [0.717, 1.165) is 0 Å². The van der Waals surface area contributed by atoms with Crippen molar-refractivity contribution in [3.8, 4) is 41.8 Å². The molecule has 4 heterocycles. The maximum Gasteiger partial charge on any atom is 2.00 e. The number of fused-ring (bicyclic) bond motifs is 4. The fourth-order valence-corrected chi connectivity index (χ4v) is 9.80. The normalized spacial score (nSPS) is 10.1. The molecule has 8 heteroatoms. The Labute approximate surface area is 418 Å². The molecule has 0 aliphatic carbocycles. The monoisotopic (exact) mass is 1040 g/mol. The van der Waals surface area contributed by atoms with Crippen molar-refractivity contribution in [2.75, 3.05) is 0 Å². The first-order chi connectivity index (χ1) is 27.7. The number of halogens is 2. The van der Waals surface area contributed by atoms with Gasteiger partial charge in [-0.05, 0) is 41.0 Å². The number of thiophene rings is 4. The fraction of sp³-hybridized carbons (Fsp3) is 0. The number of rotatable bonds is 4. The smallest absolute Gasteiger partial charge is 1.00 e. The molecule has 0 saturated heterocycles. The van der Waals surface area contributed by atoms with E-state index in [9.17, 15) is 0 Å². The van der Waals surface area contributed by atoms with Crippen molar-refractivity contribution in [3.05, 3.63) is 216 Å². The van der Waals surface area contributed by atoms with Gasteiger partial charge in [0.05, 0.1) is 0 Å². The van der Waals surface area contributed by atoms with E-state index in [1.54, 1.807) is 45.3 Å². The first-order valence-electron chi connectivity index (χ1n) is 18.5. The third-order valence-corrected chi connectivity index (χ3v) is 13.4. The molecule has 0 amide bonds. The van der Waals surface area contributed by atoms with E-state index >= 15 is 0 Å². The predicted molar refractivity (Wildman–Crippen MR) is 251 cm³/mol. The summed E-state index contributed by atoms with van der Waals surface area (Å²) in [6, 6.07) is 69.0. The summed E-state index contributed by atoms with van der Waals surface area (Å²) < 4.78 is 0. The molecular weight excluding hydrogens is 1010 g/mol. The zero-order chi connectivity index (χ0) is 37.5. The zero-order valence-corrected chi connectivity index (χ0v) is 41.9. The molecule has 0 aliphatic heterocycles. The predicted octanol–water partition coefficient (Wildman–Crippen LogP) is 11.2. The van der Waals surface area contributed by atoms with Gasteiger partial charge >= 0.3 is 52.4 Å². The molecule has 0 radical (unpaired) electrons. The first kappa shape index (κ1) is 47.5. The van der Waals surface area contributed by atoms with Crippen LogP contribution in [0, 0.1) is 0 Å². The molecule has 60 heavy (non-hydrogen) atoms. The average Bonchev–Trinajstić information content (AvgIpc) is 4.11. The van der Waals surface area contributed by atoms with Crippen molar-refractivity contribution in [2.45, 2.75) is 0 Å². The van der Waals surface area contributed by atoms with E-state index < -0.39 is 0 Å². The summed E-state index contributed by atoms with van der Waals surface area (Å²) in [5.74, 6) is 0. The molecule has 12 aromatic rings. The van der Waals surface area contributed by atoms with Crippen LogP contribution < -0.4 is 24.8 Å². The number of benzene rings is 4. The van der Waals surface area contributed by atoms with Crippen LogP contribution in [0.5, 0.6) is 0 Å². The molecule has 0 bridgehead atoms. The SMILES string of the molecule is [Cl-].[Cl-].[Zr+2].[Zr+2].c1csc(-c2cc3ccccc3[cH-]2)c1.c1csc(-c2cc3ccccc3[cH-]2)c1.c1csc(-c2cc3ccccc3[cH-]2)c1.c1csc(-c2cc3ccccc3[cH-]2)c1. The third kappa shape index (κ3) is 11.5. The zero-order valence-electron chi connectivity index (χ0n) is 32.2. The summed E-state index contributed by atoms with van der Waals surface area (Å²) in [5.41, 5.74) is 5.34. The van der Waals surface area contributed by atoms with Crippen molar-refractivity contribution in [1.29, 1.82) is 0 Å². The van der Waals surface area contributed by atoms with Crippen LogP contribution in [0.25, 0.3) is 84.9 Å². The minimum atomic E-state index is 0. The maximum absolute atomic E-state index is 2.25. The van der Waals surface area contributed by atoms with Gasteiger partial charge in [-0.1, -0.05) is 121 Å². The van der Waals surface area contributed by atoms with Crippen LogP contribution in [0.3, 0.4) is 0 Å². The maximum atomic E-state index is 2.25. The molecule has 0 nitrogen and oxygen atoms in total. The Morgan fingerprint density at radius 1 is 0.267 bits per heavy atom. The second kappa shape index (κ2) is 23.1. The molecule has 292 valence electrons. The molecule has 0 N–H and O–H groups in total. The standard InChI is InChI=1S/4C13H9S.2ClH.2Zr/c4*1-2-5-11-9-12(8-10(11)4-1)13-6-3-7-14-13;;;;/h4*1-9H;2*1H;;/q4*-1;;;2*+2/p-2. The van der Waals surface area contributed by atoms with Crippen molar-refractivity contribution in [1.82, 2.24) is 0 Å². The molecule has 8 aromatic carbocycles. The summed E-state index contributed by atoms with van der Waals surface area (Å²) in [5, 5.41) is 19.1. The van der Waals surface area contributed by atoms with Gasteiger partial charge in [0.15, 0.2) is 0 Å². The van der Waals surface area contributed by atoms with Crippen LogP contribution in [0.2, 0.25) is 0 Å². The number of hydrogen-bond acceptors (Lipinski definition) is 4. The van der Waals surface area contributed by atoms with Gasteiger partial charge in [-0.2, -0.15) is 45.3 Å². The van der Waals surface area contributed by atoms with Crippen molar-refractivity contribution in [3.63, 3.8) is 0 Å². The van der Waals surface area contributed by atoms with Gasteiger partial charge < -0.3 is 24.8 Å². The number of hydrogen-bond donors (Lipinski definition) is 0. The third-order valence-electron chi connectivity index (χ3n) is 9.69. The van der Waals surface area contributed by atoms with E-state index in [1.165, 1.54) is 84.9 Å². The van der Waals surface area contributed by atoms with Gasteiger partial charge in [0.1, 0.15) is 0 Å². The van der Waals surface area contributed by atoms with Crippen LogP contribution in [0.1, 0.15) is 0 Å². The molecule has 0 unspecified atom stereocenters. The Bertz CT molecular complexity index is 2480. The topological polar surface area (TPSA) is 0 Å². The Hall–Kier alpha value is -3.53. The molecule has 0 spiro atoms. The summed E-state index contributed by atoms with van der Waals surface area (Å²) >= 11 is 7.17. The molecule has 4 aromatic heterocycles.